The Bertz CT molecular complexity index is 22.0. The third-order valence-electron chi connectivity index (χ3n) is 0. The van der Waals surface area contributed by atoms with Crippen LogP contribution in [0, 0.1) is 76.3 Å². The van der Waals surface area contributed by atoms with E-state index in [0.29, 0.717) is 0 Å². The minimum Gasteiger partial charge on any atom is -1.00 e. The van der Waals surface area contributed by atoms with Crippen molar-refractivity contribution >= 4 is 0 Å². The van der Waals surface area contributed by atoms with E-state index < -0.39 is 0 Å². The minimum atomic E-state index is 0. The van der Waals surface area contributed by atoms with Crippen molar-refractivity contribution in [3.8, 4) is 0 Å². The molecule has 0 aliphatic carbocycles. The van der Waals surface area contributed by atoms with Crippen molar-refractivity contribution in [2.75, 3.05) is 0 Å². The van der Waals surface area contributed by atoms with Crippen molar-refractivity contribution < 1.29 is 192 Å². The average molecular weight is 683 g/mol. The Morgan fingerprint density at radius 3 is 0.167 bits per heavy atom. The van der Waals surface area contributed by atoms with Crippen LogP contribution in [0.2, 0.25) is 0 Å². The van der Waals surface area contributed by atoms with E-state index >= 15 is 0 Å². The normalized spacial score (nSPS) is 0. The Morgan fingerprint density at radius 2 is 0.167 bits per heavy atom. The fourth-order valence-corrected chi connectivity index (χ4v) is 0. The van der Waals surface area contributed by atoms with Crippen LogP contribution < -0.4 is 49.6 Å². The second-order valence-electron chi connectivity index (χ2n) is 0. The Hall–Kier alpha value is 3.23. The third kappa shape index (κ3) is 614. The SMILES string of the molecule is O.O.O.O.O.O.O.O.O.O.O.O.[Cl-].[Cl-].[Cl-].[Cl-].[Dy+3].[Dy+3]. The summed E-state index contributed by atoms with van der Waals surface area (Å²) in [5.41, 5.74) is 0. The summed E-state index contributed by atoms with van der Waals surface area (Å²) in [6.45, 7) is 0. The first-order chi connectivity index (χ1) is 0. The molecule has 24 N–H and O–H groups in total. The zero-order valence-electron chi connectivity index (χ0n) is 8.14. The smallest absolute Gasteiger partial charge is 1.00 e. The molecule has 0 aliphatic rings. The molecule has 0 unspecified atom stereocenters. The van der Waals surface area contributed by atoms with Crippen molar-refractivity contribution in [1.82, 2.24) is 0 Å². The monoisotopic (exact) mass is 684 g/mol. The summed E-state index contributed by atoms with van der Waals surface area (Å²) in [6, 6.07) is 0. The van der Waals surface area contributed by atoms with Gasteiger partial charge in [-0.25, -0.2) is 0 Å². The summed E-state index contributed by atoms with van der Waals surface area (Å²) in [5, 5.41) is 0. The molecule has 18 heavy (non-hydrogen) atoms. The predicted molar refractivity (Wildman–Crippen MR) is 43.4 cm³/mol. The Balaban J connectivity index is 0. The molecule has 0 saturated carbocycles. The molecule has 18 heteroatoms. The van der Waals surface area contributed by atoms with Crippen molar-refractivity contribution in [2.45, 2.75) is 0 Å². The first kappa shape index (κ1) is 835. The third-order valence-corrected chi connectivity index (χ3v) is 0. The second kappa shape index (κ2) is 719. The molecule has 0 aromatic rings. The van der Waals surface area contributed by atoms with Crippen molar-refractivity contribution in [3.63, 3.8) is 0 Å². The maximum atomic E-state index is 0. The molecule has 0 bridgehead atoms. The number of halogens is 4. The van der Waals surface area contributed by atoms with Gasteiger partial charge in [-0.1, -0.05) is 0 Å². The Morgan fingerprint density at radius 1 is 0.167 bits per heavy atom. The molecule has 142 valence electrons. The molecule has 0 atom stereocenters. The van der Waals surface area contributed by atoms with E-state index in [4.69, 9.17) is 0 Å². The van der Waals surface area contributed by atoms with Gasteiger partial charge in [-0.15, -0.1) is 0 Å². The second-order valence-corrected chi connectivity index (χ2v) is 0. The maximum Gasteiger partial charge on any atom is 3.00 e. The van der Waals surface area contributed by atoms with E-state index in [1.807, 2.05) is 0 Å². The minimum absolute atomic E-state index is 0. The molecule has 0 rings (SSSR count). The van der Waals surface area contributed by atoms with E-state index in [2.05, 4.69) is 0 Å². The summed E-state index contributed by atoms with van der Waals surface area (Å²) < 4.78 is 0. The van der Waals surface area contributed by atoms with Crippen LogP contribution in [0.3, 0.4) is 0 Å². The summed E-state index contributed by atoms with van der Waals surface area (Å²) in [4.78, 5) is 0. The largest absolute Gasteiger partial charge is 3.00 e. The Labute approximate surface area is 189 Å². The van der Waals surface area contributed by atoms with Gasteiger partial charge in [0, 0.05) is 0 Å². The molecule has 0 spiro atoms. The summed E-state index contributed by atoms with van der Waals surface area (Å²) in [6.07, 6.45) is 0. The van der Waals surface area contributed by atoms with Gasteiger partial charge >= 0.3 is 76.3 Å². The fourth-order valence-electron chi connectivity index (χ4n) is 0. The predicted octanol–water partition coefficient (Wildman–Crippen LogP) is -21.9. The van der Waals surface area contributed by atoms with Crippen LogP contribution in [0.5, 0.6) is 0 Å². The van der Waals surface area contributed by atoms with Gasteiger partial charge in [-0.3, -0.25) is 0 Å². The molecule has 0 aromatic carbocycles. The van der Waals surface area contributed by atoms with Gasteiger partial charge in [-0.05, 0) is 0 Å². The van der Waals surface area contributed by atoms with Gasteiger partial charge < -0.3 is 115 Å². The maximum absolute atomic E-state index is 0. The van der Waals surface area contributed by atoms with E-state index in [1.54, 1.807) is 0 Å². The molecule has 0 aromatic heterocycles. The zero-order chi connectivity index (χ0) is 0. The molecule has 2 radical (unpaired) electrons. The number of rotatable bonds is 0. The van der Waals surface area contributed by atoms with E-state index in [0.717, 1.165) is 0 Å². The quantitative estimate of drug-likeness (QED) is 0.230. The first-order valence-electron chi connectivity index (χ1n) is 0. The molecule has 0 fully saturated rings. The standard InChI is InChI=1S/4ClH.2Dy.12H2O/h4*1H;;;12*1H2/q;;;;2*+3;;;;;;;;;;;;/p-4. The van der Waals surface area contributed by atoms with Gasteiger partial charge in [0.25, 0.3) is 0 Å². The molecule has 0 saturated heterocycles. The van der Waals surface area contributed by atoms with Gasteiger partial charge in [-0.2, -0.15) is 0 Å². The molecule has 0 amide bonds. The number of hydrogen-bond donors (Lipinski definition) is 0. The van der Waals surface area contributed by atoms with Crippen LogP contribution in [-0.4, -0.2) is 65.7 Å². The zero-order valence-corrected chi connectivity index (χ0v) is 15.2. The van der Waals surface area contributed by atoms with Crippen molar-refractivity contribution in [3.05, 3.63) is 0 Å². The van der Waals surface area contributed by atoms with Crippen molar-refractivity contribution in [1.29, 1.82) is 0 Å². The van der Waals surface area contributed by atoms with Crippen LogP contribution in [0.1, 0.15) is 0 Å². The molecule has 0 heterocycles. The summed E-state index contributed by atoms with van der Waals surface area (Å²) in [7, 11) is 0. The van der Waals surface area contributed by atoms with Crippen LogP contribution in [0.25, 0.3) is 0 Å². The van der Waals surface area contributed by atoms with Crippen molar-refractivity contribution in [2.24, 2.45) is 0 Å². The molecule has 0 aliphatic heterocycles. The summed E-state index contributed by atoms with van der Waals surface area (Å²) >= 11 is 0. The average Bonchev–Trinajstić information content (AvgIpc) is 0. The van der Waals surface area contributed by atoms with E-state index in [1.165, 1.54) is 0 Å². The topological polar surface area (TPSA) is 378 Å². The fraction of sp³-hybridized carbons (Fsp3) is 0. The van der Waals surface area contributed by atoms with Crippen LogP contribution >= 0.6 is 0 Å². The van der Waals surface area contributed by atoms with Crippen LogP contribution in [-0.2, 0) is 0 Å². The molecular formula is H24Cl4Dy2O12+2. The molecule has 12 nitrogen and oxygen atoms in total. The summed E-state index contributed by atoms with van der Waals surface area (Å²) in [5.74, 6) is 0. The van der Waals surface area contributed by atoms with Crippen LogP contribution in [0.4, 0.5) is 0 Å². The van der Waals surface area contributed by atoms with Gasteiger partial charge in [0.15, 0.2) is 0 Å². The number of hydrogen-bond acceptors (Lipinski definition) is 0. The first-order valence-corrected chi connectivity index (χ1v) is 0. The van der Waals surface area contributed by atoms with E-state index in [-0.39, 0.29) is 192 Å². The van der Waals surface area contributed by atoms with Gasteiger partial charge in [0.1, 0.15) is 0 Å². The van der Waals surface area contributed by atoms with Gasteiger partial charge in [0.2, 0.25) is 0 Å². The Kier molecular flexibility index (Phi) is 33300. The molecular weight excluding hydrogens is 659 g/mol. The van der Waals surface area contributed by atoms with Gasteiger partial charge in [0.05, 0.1) is 0 Å². The van der Waals surface area contributed by atoms with Crippen LogP contribution in [0.15, 0.2) is 0 Å². The van der Waals surface area contributed by atoms with E-state index in [9.17, 15) is 0 Å².